The van der Waals surface area contributed by atoms with E-state index in [0.29, 0.717) is 49.2 Å². The molecule has 0 atom stereocenters. The van der Waals surface area contributed by atoms with Crippen molar-refractivity contribution in [3.05, 3.63) is 58.7 Å². The number of hydrogen-bond acceptors (Lipinski definition) is 4. The van der Waals surface area contributed by atoms with Crippen molar-refractivity contribution in [2.75, 3.05) is 20.2 Å². The summed E-state index contributed by atoms with van der Waals surface area (Å²) in [4.78, 5) is 27.4. The number of fused-ring (bicyclic) bond motifs is 1. The van der Waals surface area contributed by atoms with Crippen molar-refractivity contribution >= 4 is 11.7 Å². The third-order valence-corrected chi connectivity index (χ3v) is 6.00. The smallest absolute Gasteiger partial charge is 0.253 e. The summed E-state index contributed by atoms with van der Waals surface area (Å²) in [7, 11) is 1.60. The molecule has 2 aliphatic rings. The van der Waals surface area contributed by atoms with E-state index < -0.39 is 5.60 Å². The second-order valence-corrected chi connectivity index (χ2v) is 7.84. The average molecular weight is 379 g/mol. The highest BCUT2D eigenvalue weighted by Gasteiger charge is 2.43. The van der Waals surface area contributed by atoms with Crippen LogP contribution in [0.25, 0.3) is 0 Å². The van der Waals surface area contributed by atoms with E-state index in [1.165, 1.54) is 0 Å². The number of aryl methyl sites for hydroxylation is 2. The van der Waals surface area contributed by atoms with Crippen LogP contribution >= 0.6 is 0 Å². The molecule has 0 N–H and O–H groups in total. The lowest BCUT2D eigenvalue weighted by Gasteiger charge is -2.44. The molecule has 0 aliphatic carbocycles. The fourth-order valence-corrected chi connectivity index (χ4v) is 4.06. The van der Waals surface area contributed by atoms with Gasteiger partial charge < -0.3 is 14.4 Å². The van der Waals surface area contributed by atoms with Crippen molar-refractivity contribution in [1.82, 2.24) is 4.90 Å². The van der Waals surface area contributed by atoms with Gasteiger partial charge in [-0.1, -0.05) is 0 Å². The number of piperidine rings is 1. The van der Waals surface area contributed by atoms with Crippen molar-refractivity contribution in [3.63, 3.8) is 0 Å². The molecule has 1 saturated heterocycles. The van der Waals surface area contributed by atoms with Crippen LogP contribution in [0.4, 0.5) is 0 Å². The number of hydrogen-bond donors (Lipinski definition) is 0. The lowest BCUT2D eigenvalue weighted by molar-refractivity contribution is -0.00575. The van der Waals surface area contributed by atoms with Crippen LogP contribution in [0.2, 0.25) is 0 Å². The molecule has 5 heteroatoms. The molecule has 0 saturated carbocycles. The van der Waals surface area contributed by atoms with Crippen LogP contribution < -0.4 is 9.47 Å². The highest BCUT2D eigenvalue weighted by molar-refractivity contribution is 6.00. The molecule has 0 unspecified atom stereocenters. The number of ether oxygens (including phenoxy) is 2. The minimum atomic E-state index is -0.498. The van der Waals surface area contributed by atoms with Gasteiger partial charge in [-0.15, -0.1) is 0 Å². The van der Waals surface area contributed by atoms with Crippen LogP contribution in [0, 0.1) is 13.8 Å². The van der Waals surface area contributed by atoms with Gasteiger partial charge in [0.2, 0.25) is 0 Å². The molecule has 1 amide bonds. The van der Waals surface area contributed by atoms with E-state index in [2.05, 4.69) is 0 Å². The quantitative estimate of drug-likeness (QED) is 0.793. The number of ketones is 1. The monoisotopic (exact) mass is 379 g/mol. The van der Waals surface area contributed by atoms with Gasteiger partial charge in [-0.25, -0.2) is 0 Å². The van der Waals surface area contributed by atoms with Crippen LogP contribution in [-0.2, 0) is 0 Å². The summed E-state index contributed by atoms with van der Waals surface area (Å²) in [5.41, 5.74) is 3.06. The zero-order valence-corrected chi connectivity index (χ0v) is 16.6. The van der Waals surface area contributed by atoms with Crippen molar-refractivity contribution in [3.8, 4) is 11.5 Å². The standard InChI is InChI=1S/C23H25NO4/c1-15-12-19-20(25)14-23(28-21(19)13-16(15)2)8-10-24(11-9-23)22(26)17-4-6-18(27-3)7-5-17/h4-7,12-13H,8-11,14H2,1-3H3. The zero-order chi connectivity index (χ0) is 19.9. The van der Waals surface area contributed by atoms with Gasteiger partial charge in [0.05, 0.1) is 19.1 Å². The number of rotatable bonds is 2. The predicted octanol–water partition coefficient (Wildman–Crippen LogP) is 3.95. The maximum Gasteiger partial charge on any atom is 0.253 e. The molecule has 5 nitrogen and oxygen atoms in total. The molecule has 4 rings (SSSR count). The fraction of sp³-hybridized carbons (Fsp3) is 0.391. The van der Waals surface area contributed by atoms with Crippen LogP contribution in [0.5, 0.6) is 11.5 Å². The second kappa shape index (κ2) is 6.97. The number of methoxy groups -OCH3 is 1. The molecular weight excluding hydrogens is 354 g/mol. The van der Waals surface area contributed by atoms with E-state index in [0.717, 1.165) is 16.9 Å². The van der Waals surface area contributed by atoms with Crippen molar-refractivity contribution in [2.24, 2.45) is 0 Å². The molecule has 2 heterocycles. The summed E-state index contributed by atoms with van der Waals surface area (Å²) in [6.45, 7) is 5.20. The summed E-state index contributed by atoms with van der Waals surface area (Å²) in [5, 5.41) is 0. The second-order valence-electron chi connectivity index (χ2n) is 7.84. The Morgan fingerprint density at radius 1 is 1.07 bits per heavy atom. The maximum absolute atomic E-state index is 12.8. The Morgan fingerprint density at radius 3 is 2.36 bits per heavy atom. The number of Topliss-reactive ketones (excluding diaryl/α,β-unsaturated/α-hetero) is 1. The first-order valence-electron chi connectivity index (χ1n) is 9.68. The summed E-state index contributed by atoms with van der Waals surface area (Å²) in [5.74, 6) is 1.56. The lowest BCUT2D eigenvalue weighted by atomic mass is 9.81. The van der Waals surface area contributed by atoms with E-state index in [4.69, 9.17) is 9.47 Å². The highest BCUT2D eigenvalue weighted by Crippen LogP contribution is 2.40. The van der Waals surface area contributed by atoms with Crippen LogP contribution in [-0.4, -0.2) is 42.4 Å². The van der Waals surface area contributed by atoms with Crippen LogP contribution in [0.3, 0.4) is 0 Å². The van der Waals surface area contributed by atoms with E-state index in [9.17, 15) is 9.59 Å². The largest absolute Gasteiger partial charge is 0.497 e. The third-order valence-electron chi connectivity index (χ3n) is 6.00. The van der Waals surface area contributed by atoms with E-state index in [1.54, 1.807) is 31.4 Å². The predicted molar refractivity (Wildman–Crippen MR) is 106 cm³/mol. The molecule has 1 fully saturated rings. The first-order valence-corrected chi connectivity index (χ1v) is 9.68. The Hall–Kier alpha value is -2.82. The van der Waals surface area contributed by atoms with Gasteiger partial charge in [-0.2, -0.15) is 0 Å². The van der Waals surface area contributed by atoms with E-state index in [1.807, 2.05) is 30.9 Å². The molecule has 0 bridgehead atoms. The van der Waals surface area contributed by atoms with Gasteiger partial charge in [-0.05, 0) is 61.4 Å². The SMILES string of the molecule is COc1ccc(C(=O)N2CCC3(CC2)CC(=O)c2cc(C)c(C)cc2O3)cc1. The number of carbonyl (C=O) groups is 2. The van der Waals surface area contributed by atoms with Crippen LogP contribution in [0.1, 0.15) is 51.1 Å². The summed E-state index contributed by atoms with van der Waals surface area (Å²) in [6.07, 6.45) is 1.70. The van der Waals surface area contributed by atoms with Gasteiger partial charge in [0.25, 0.3) is 5.91 Å². The minimum Gasteiger partial charge on any atom is -0.497 e. The zero-order valence-electron chi connectivity index (χ0n) is 16.6. The van der Waals surface area contributed by atoms with Gasteiger partial charge >= 0.3 is 0 Å². The summed E-state index contributed by atoms with van der Waals surface area (Å²) in [6, 6.07) is 11.1. The summed E-state index contributed by atoms with van der Waals surface area (Å²) < 4.78 is 11.5. The fourth-order valence-electron chi connectivity index (χ4n) is 4.06. The number of carbonyl (C=O) groups excluding carboxylic acids is 2. The average Bonchev–Trinajstić information content (AvgIpc) is 2.70. The molecule has 28 heavy (non-hydrogen) atoms. The van der Waals surface area contributed by atoms with E-state index >= 15 is 0 Å². The first-order chi connectivity index (χ1) is 13.4. The Kier molecular flexibility index (Phi) is 4.61. The van der Waals surface area contributed by atoms with Gasteiger partial charge in [0.15, 0.2) is 5.78 Å². The van der Waals surface area contributed by atoms with E-state index in [-0.39, 0.29) is 11.7 Å². The molecule has 146 valence electrons. The maximum atomic E-state index is 12.8. The van der Waals surface area contributed by atoms with Crippen LogP contribution in [0.15, 0.2) is 36.4 Å². The van der Waals surface area contributed by atoms with Crippen molar-refractivity contribution in [1.29, 1.82) is 0 Å². The Labute approximate surface area is 165 Å². The Bertz CT molecular complexity index is 924. The van der Waals surface area contributed by atoms with Gasteiger partial charge in [0, 0.05) is 31.5 Å². The van der Waals surface area contributed by atoms with Gasteiger partial charge in [0.1, 0.15) is 17.1 Å². The molecule has 2 aliphatic heterocycles. The number of likely N-dealkylation sites (tertiary alicyclic amines) is 1. The number of nitrogens with zero attached hydrogens (tertiary/aromatic N) is 1. The number of benzene rings is 2. The lowest BCUT2D eigenvalue weighted by Crippen LogP contribution is -2.52. The molecule has 0 aromatic heterocycles. The summed E-state index contributed by atoms with van der Waals surface area (Å²) >= 11 is 0. The molecular formula is C23H25NO4. The minimum absolute atomic E-state index is 0.00603. The highest BCUT2D eigenvalue weighted by atomic mass is 16.5. The Balaban J connectivity index is 1.48. The molecule has 2 aromatic rings. The third kappa shape index (κ3) is 3.26. The van der Waals surface area contributed by atoms with Gasteiger partial charge in [-0.3, -0.25) is 9.59 Å². The molecule has 1 spiro atoms. The van der Waals surface area contributed by atoms with Crippen molar-refractivity contribution in [2.45, 2.75) is 38.7 Å². The molecule has 2 aromatic carbocycles. The first kappa shape index (κ1) is 18.5. The normalized spacial score (nSPS) is 17.8. The topological polar surface area (TPSA) is 55.8 Å². The molecule has 0 radical (unpaired) electrons. The number of amides is 1. The Morgan fingerprint density at radius 2 is 1.71 bits per heavy atom. The van der Waals surface area contributed by atoms with Crippen molar-refractivity contribution < 1.29 is 19.1 Å².